The van der Waals surface area contributed by atoms with Gasteiger partial charge in [-0.3, -0.25) is 4.79 Å². The summed E-state index contributed by atoms with van der Waals surface area (Å²) in [5.74, 6) is 2.23. The molecular formula is C23H23NO5. The van der Waals surface area contributed by atoms with Crippen LogP contribution in [0.25, 0.3) is 11.5 Å². The van der Waals surface area contributed by atoms with Crippen LogP contribution in [-0.2, 0) is 6.42 Å². The number of rotatable bonds is 10. The molecule has 3 rings (SSSR count). The summed E-state index contributed by atoms with van der Waals surface area (Å²) in [6.45, 7) is 3.98. The largest absolute Gasteiger partial charge is 0.493 e. The molecule has 3 aromatic rings. The molecule has 0 aliphatic rings. The van der Waals surface area contributed by atoms with Crippen LogP contribution >= 0.6 is 0 Å². The fourth-order valence-electron chi connectivity index (χ4n) is 2.87. The van der Waals surface area contributed by atoms with Gasteiger partial charge in [-0.25, -0.2) is 4.98 Å². The third-order valence-electron chi connectivity index (χ3n) is 4.33. The van der Waals surface area contributed by atoms with Gasteiger partial charge in [0.2, 0.25) is 5.89 Å². The zero-order chi connectivity index (χ0) is 20.6. The number of hydrogen-bond donors (Lipinski definition) is 0. The number of para-hydroxylation sites is 1. The molecule has 0 saturated carbocycles. The van der Waals surface area contributed by atoms with Crippen molar-refractivity contribution in [1.29, 1.82) is 0 Å². The predicted octanol–water partition coefficient (Wildman–Crippen LogP) is 4.74. The zero-order valence-electron chi connectivity index (χ0n) is 16.5. The van der Waals surface area contributed by atoms with Gasteiger partial charge in [-0.1, -0.05) is 24.8 Å². The van der Waals surface area contributed by atoms with Crippen LogP contribution in [-0.4, -0.2) is 31.6 Å². The van der Waals surface area contributed by atoms with Crippen LogP contribution in [0.5, 0.6) is 17.2 Å². The summed E-state index contributed by atoms with van der Waals surface area (Å²) in [6, 6.07) is 12.6. The molecule has 29 heavy (non-hydrogen) atoms. The first-order chi connectivity index (χ1) is 14.2. The summed E-state index contributed by atoms with van der Waals surface area (Å²) in [5.41, 5.74) is 2.02. The lowest BCUT2D eigenvalue weighted by molar-refractivity contribution is 0.0979. The highest BCUT2D eigenvalue weighted by atomic mass is 16.5. The van der Waals surface area contributed by atoms with Crippen molar-refractivity contribution in [2.45, 2.75) is 12.8 Å². The minimum Gasteiger partial charge on any atom is -0.493 e. The van der Waals surface area contributed by atoms with Gasteiger partial charge in [0.1, 0.15) is 18.6 Å². The van der Waals surface area contributed by atoms with Crippen molar-refractivity contribution in [2.75, 3.05) is 20.8 Å². The van der Waals surface area contributed by atoms with Crippen molar-refractivity contribution in [1.82, 2.24) is 4.98 Å². The lowest BCUT2D eigenvalue weighted by Gasteiger charge is -2.08. The molecule has 0 unspecified atom stereocenters. The first kappa shape index (κ1) is 20.2. The average molecular weight is 393 g/mol. The number of ether oxygens (including phenoxy) is 3. The molecule has 0 amide bonds. The molecule has 0 aliphatic carbocycles. The molecule has 0 fully saturated rings. The summed E-state index contributed by atoms with van der Waals surface area (Å²) in [6.07, 6.45) is 3.98. The van der Waals surface area contributed by atoms with Gasteiger partial charge >= 0.3 is 0 Å². The van der Waals surface area contributed by atoms with Gasteiger partial charge in [-0.15, -0.1) is 0 Å². The van der Waals surface area contributed by atoms with Gasteiger partial charge in [0.05, 0.1) is 25.5 Å². The number of carbonyl (C=O) groups is 1. The minimum atomic E-state index is -0.0136. The Balaban J connectivity index is 1.68. The molecule has 1 heterocycles. The number of Topliss-reactive ketones (excluding diaryl/α,β-unsaturated/α-hetero) is 1. The van der Waals surface area contributed by atoms with E-state index in [0.29, 0.717) is 53.8 Å². The Labute approximate surface area is 169 Å². The van der Waals surface area contributed by atoms with Crippen LogP contribution in [0.2, 0.25) is 0 Å². The molecule has 0 aliphatic heterocycles. The van der Waals surface area contributed by atoms with Crippen LogP contribution in [0.15, 0.2) is 65.8 Å². The van der Waals surface area contributed by atoms with E-state index in [1.807, 2.05) is 18.2 Å². The molecule has 0 N–H and O–H groups in total. The maximum Gasteiger partial charge on any atom is 0.226 e. The molecule has 0 spiro atoms. The molecule has 0 atom stereocenters. The first-order valence-corrected chi connectivity index (χ1v) is 9.19. The van der Waals surface area contributed by atoms with E-state index in [-0.39, 0.29) is 5.78 Å². The number of carbonyl (C=O) groups excluding carboxylic acids is 1. The maximum absolute atomic E-state index is 12.6. The van der Waals surface area contributed by atoms with Crippen LogP contribution in [0.3, 0.4) is 0 Å². The van der Waals surface area contributed by atoms with Crippen molar-refractivity contribution in [3.05, 3.63) is 72.6 Å². The van der Waals surface area contributed by atoms with Gasteiger partial charge in [-0.2, -0.15) is 0 Å². The Hall–Kier alpha value is -3.54. The molecule has 6 heteroatoms. The average Bonchev–Trinajstić information content (AvgIpc) is 3.24. The van der Waals surface area contributed by atoms with E-state index >= 15 is 0 Å². The van der Waals surface area contributed by atoms with E-state index in [9.17, 15) is 4.79 Å². The standard InChI is InChI=1S/C23H23NO5/c1-4-13-28-20-8-6-5-7-18(20)19(25)11-10-17-15-29-23(24-17)16-9-12-21(26-2)22(14-16)27-3/h4-9,12,14-15H,1,10-11,13H2,2-3H3. The van der Waals surface area contributed by atoms with Crippen LogP contribution < -0.4 is 14.2 Å². The van der Waals surface area contributed by atoms with Crippen LogP contribution in [0.4, 0.5) is 0 Å². The predicted molar refractivity (Wildman–Crippen MR) is 110 cm³/mol. The second-order valence-electron chi connectivity index (χ2n) is 6.23. The molecular weight excluding hydrogens is 370 g/mol. The Bertz CT molecular complexity index is 992. The van der Waals surface area contributed by atoms with Crippen molar-refractivity contribution in [3.63, 3.8) is 0 Å². The highest BCUT2D eigenvalue weighted by Gasteiger charge is 2.15. The molecule has 0 bridgehead atoms. The number of oxazole rings is 1. The van der Waals surface area contributed by atoms with Crippen molar-refractivity contribution < 1.29 is 23.4 Å². The Morgan fingerprint density at radius 1 is 1.10 bits per heavy atom. The number of aryl methyl sites for hydroxylation is 1. The van der Waals surface area contributed by atoms with E-state index in [1.165, 1.54) is 0 Å². The van der Waals surface area contributed by atoms with Gasteiger partial charge in [0.25, 0.3) is 0 Å². The number of methoxy groups -OCH3 is 2. The molecule has 6 nitrogen and oxygen atoms in total. The molecule has 0 radical (unpaired) electrons. The summed E-state index contributed by atoms with van der Waals surface area (Å²) in [4.78, 5) is 17.1. The highest BCUT2D eigenvalue weighted by Crippen LogP contribution is 2.32. The highest BCUT2D eigenvalue weighted by molar-refractivity contribution is 5.98. The number of hydrogen-bond acceptors (Lipinski definition) is 6. The number of aromatic nitrogens is 1. The second-order valence-corrected chi connectivity index (χ2v) is 6.23. The van der Waals surface area contributed by atoms with E-state index in [4.69, 9.17) is 18.6 Å². The summed E-state index contributed by atoms with van der Waals surface area (Å²) >= 11 is 0. The molecule has 2 aromatic carbocycles. The normalized spacial score (nSPS) is 10.4. The van der Waals surface area contributed by atoms with Crippen molar-refractivity contribution >= 4 is 5.78 Å². The summed E-state index contributed by atoms with van der Waals surface area (Å²) < 4.78 is 21.7. The summed E-state index contributed by atoms with van der Waals surface area (Å²) in [7, 11) is 3.16. The van der Waals surface area contributed by atoms with Crippen LogP contribution in [0, 0.1) is 0 Å². The van der Waals surface area contributed by atoms with Gasteiger partial charge in [0.15, 0.2) is 17.3 Å². The second kappa shape index (κ2) is 9.59. The third kappa shape index (κ3) is 4.85. The topological polar surface area (TPSA) is 70.8 Å². The number of ketones is 1. The van der Waals surface area contributed by atoms with Gasteiger partial charge in [0, 0.05) is 18.4 Å². The van der Waals surface area contributed by atoms with Gasteiger partial charge < -0.3 is 18.6 Å². The number of nitrogens with zero attached hydrogens (tertiary/aromatic N) is 1. The Morgan fingerprint density at radius 2 is 1.90 bits per heavy atom. The van der Waals surface area contributed by atoms with E-state index in [1.54, 1.807) is 50.8 Å². The quantitative estimate of drug-likeness (QED) is 0.366. The Kier molecular flexibility index (Phi) is 6.68. The lowest BCUT2D eigenvalue weighted by Crippen LogP contribution is -2.05. The molecule has 0 saturated heterocycles. The molecule has 1 aromatic heterocycles. The smallest absolute Gasteiger partial charge is 0.226 e. The minimum absolute atomic E-state index is 0.0136. The monoisotopic (exact) mass is 393 g/mol. The van der Waals surface area contributed by atoms with Crippen molar-refractivity contribution in [3.8, 4) is 28.7 Å². The van der Waals surface area contributed by atoms with E-state index < -0.39 is 0 Å². The fourth-order valence-corrected chi connectivity index (χ4v) is 2.87. The lowest BCUT2D eigenvalue weighted by atomic mass is 10.0. The fraction of sp³-hybridized carbons (Fsp3) is 0.217. The van der Waals surface area contributed by atoms with Crippen LogP contribution in [0.1, 0.15) is 22.5 Å². The third-order valence-corrected chi connectivity index (χ3v) is 4.33. The molecule has 150 valence electrons. The van der Waals surface area contributed by atoms with Crippen molar-refractivity contribution in [2.24, 2.45) is 0 Å². The first-order valence-electron chi connectivity index (χ1n) is 9.19. The van der Waals surface area contributed by atoms with Gasteiger partial charge in [-0.05, 0) is 30.3 Å². The number of benzene rings is 2. The maximum atomic E-state index is 12.6. The Morgan fingerprint density at radius 3 is 2.66 bits per heavy atom. The van der Waals surface area contributed by atoms with E-state index in [0.717, 1.165) is 5.56 Å². The zero-order valence-corrected chi connectivity index (χ0v) is 16.5. The SMILES string of the molecule is C=CCOc1ccccc1C(=O)CCc1coc(-c2ccc(OC)c(OC)c2)n1. The van der Waals surface area contributed by atoms with E-state index in [2.05, 4.69) is 11.6 Å². The summed E-state index contributed by atoms with van der Waals surface area (Å²) in [5, 5.41) is 0.